The van der Waals surface area contributed by atoms with Gasteiger partial charge in [0.1, 0.15) is 6.61 Å². The molecule has 6 nitrogen and oxygen atoms in total. The number of non-ortho nitro benzene ring substituents is 1. The minimum Gasteiger partial charge on any atom is -0.398 e. The van der Waals surface area contributed by atoms with Crippen LogP contribution in [0.25, 0.3) is 0 Å². The number of anilines is 2. The van der Waals surface area contributed by atoms with Crippen LogP contribution in [0.3, 0.4) is 0 Å². The molecular weight excluding hydrogens is 246 g/mol. The molecule has 0 aliphatic carbocycles. The van der Waals surface area contributed by atoms with Gasteiger partial charge in [-0.1, -0.05) is 18.2 Å². The molecule has 0 aliphatic rings. The molecular formula is C13H13N3O3. The first-order valence-electron chi connectivity index (χ1n) is 5.62. The van der Waals surface area contributed by atoms with E-state index in [2.05, 4.69) is 5.48 Å². The molecule has 3 N–H and O–H groups in total. The lowest BCUT2D eigenvalue weighted by Crippen LogP contribution is -2.03. The van der Waals surface area contributed by atoms with Crippen molar-refractivity contribution in [3.8, 4) is 0 Å². The number of hydrogen-bond donors (Lipinski definition) is 2. The van der Waals surface area contributed by atoms with Crippen LogP contribution in [0, 0.1) is 10.1 Å². The van der Waals surface area contributed by atoms with Crippen molar-refractivity contribution in [2.75, 3.05) is 11.2 Å². The van der Waals surface area contributed by atoms with Crippen LogP contribution in [0.15, 0.2) is 48.5 Å². The van der Waals surface area contributed by atoms with Crippen LogP contribution in [0.4, 0.5) is 17.1 Å². The van der Waals surface area contributed by atoms with Gasteiger partial charge >= 0.3 is 0 Å². The predicted molar refractivity (Wildman–Crippen MR) is 72.4 cm³/mol. The third-order valence-electron chi connectivity index (χ3n) is 2.55. The van der Waals surface area contributed by atoms with Crippen LogP contribution in [-0.2, 0) is 11.4 Å². The Bertz CT molecular complexity index is 570. The molecule has 2 aromatic carbocycles. The van der Waals surface area contributed by atoms with Gasteiger partial charge < -0.3 is 5.73 Å². The van der Waals surface area contributed by atoms with Crippen molar-refractivity contribution in [2.45, 2.75) is 6.61 Å². The summed E-state index contributed by atoms with van der Waals surface area (Å²) in [7, 11) is 0. The molecule has 0 aliphatic heterocycles. The predicted octanol–water partition coefficient (Wildman–Crippen LogP) is 2.72. The summed E-state index contributed by atoms with van der Waals surface area (Å²) in [4.78, 5) is 15.3. The van der Waals surface area contributed by atoms with E-state index in [1.165, 1.54) is 12.1 Å². The fraction of sp³-hybridized carbons (Fsp3) is 0.0769. The lowest BCUT2D eigenvalue weighted by atomic mass is 10.2. The minimum absolute atomic E-state index is 0.0397. The number of benzene rings is 2. The van der Waals surface area contributed by atoms with E-state index in [4.69, 9.17) is 10.6 Å². The number of nitro groups is 1. The largest absolute Gasteiger partial charge is 0.398 e. The minimum atomic E-state index is -0.449. The molecule has 0 saturated carbocycles. The molecule has 2 aromatic rings. The maximum Gasteiger partial charge on any atom is 0.269 e. The highest BCUT2D eigenvalue weighted by Gasteiger charge is 2.04. The summed E-state index contributed by atoms with van der Waals surface area (Å²) in [6, 6.07) is 13.4. The highest BCUT2D eigenvalue weighted by atomic mass is 16.6. The number of rotatable bonds is 5. The highest BCUT2D eigenvalue weighted by Crippen LogP contribution is 2.16. The van der Waals surface area contributed by atoms with Crippen molar-refractivity contribution in [1.29, 1.82) is 0 Å². The van der Waals surface area contributed by atoms with Crippen molar-refractivity contribution in [2.24, 2.45) is 0 Å². The molecule has 0 radical (unpaired) electrons. The van der Waals surface area contributed by atoms with E-state index < -0.39 is 4.92 Å². The maximum absolute atomic E-state index is 10.5. The lowest BCUT2D eigenvalue weighted by Gasteiger charge is -2.08. The van der Waals surface area contributed by atoms with E-state index >= 15 is 0 Å². The molecule has 2 rings (SSSR count). The van der Waals surface area contributed by atoms with Gasteiger partial charge in [0, 0.05) is 23.4 Å². The summed E-state index contributed by atoms with van der Waals surface area (Å²) in [6.07, 6.45) is 0. The molecule has 0 amide bonds. The first-order chi connectivity index (χ1) is 9.16. The number of nitro benzene ring substituents is 1. The van der Waals surface area contributed by atoms with Gasteiger partial charge in [0.2, 0.25) is 0 Å². The maximum atomic E-state index is 10.5. The smallest absolute Gasteiger partial charge is 0.269 e. The Morgan fingerprint density at radius 2 is 1.84 bits per heavy atom. The van der Waals surface area contributed by atoms with Gasteiger partial charge in [-0.3, -0.25) is 20.4 Å². The van der Waals surface area contributed by atoms with E-state index in [1.807, 2.05) is 18.2 Å². The van der Waals surface area contributed by atoms with E-state index in [0.29, 0.717) is 18.0 Å². The molecule has 0 spiro atoms. The van der Waals surface area contributed by atoms with Gasteiger partial charge in [-0.05, 0) is 18.2 Å². The third kappa shape index (κ3) is 3.43. The Morgan fingerprint density at radius 1 is 1.16 bits per heavy atom. The van der Waals surface area contributed by atoms with Crippen LogP contribution >= 0.6 is 0 Å². The Balaban J connectivity index is 1.89. The first-order valence-corrected chi connectivity index (χ1v) is 5.62. The Morgan fingerprint density at radius 3 is 2.47 bits per heavy atom. The van der Waals surface area contributed by atoms with E-state index in [0.717, 1.165) is 5.56 Å². The number of nitrogens with two attached hydrogens (primary N) is 1. The summed E-state index contributed by atoms with van der Waals surface area (Å²) in [6.45, 7) is 0.309. The van der Waals surface area contributed by atoms with Crippen LogP contribution < -0.4 is 11.2 Å². The van der Waals surface area contributed by atoms with Crippen molar-refractivity contribution in [3.05, 3.63) is 64.2 Å². The first kappa shape index (κ1) is 12.8. The average Bonchev–Trinajstić information content (AvgIpc) is 2.41. The Kier molecular flexibility index (Phi) is 3.94. The fourth-order valence-electron chi connectivity index (χ4n) is 1.51. The number of nitrogens with zero attached hydrogens (tertiary/aromatic N) is 1. The number of nitrogen functional groups attached to an aromatic ring is 1. The second kappa shape index (κ2) is 5.83. The second-order valence-corrected chi connectivity index (χ2v) is 3.89. The lowest BCUT2D eigenvalue weighted by molar-refractivity contribution is -0.384. The molecule has 6 heteroatoms. The standard InChI is InChI=1S/C13H13N3O3/c14-13-4-2-1-3-10(13)9-19-15-11-5-7-12(8-6-11)16(17)18/h1-8,15H,9,14H2. The van der Waals surface area contributed by atoms with Gasteiger partial charge in [0.15, 0.2) is 0 Å². The molecule has 0 bridgehead atoms. The van der Waals surface area contributed by atoms with Gasteiger partial charge in [-0.15, -0.1) is 0 Å². The summed E-state index contributed by atoms with van der Waals surface area (Å²) < 4.78 is 0. The van der Waals surface area contributed by atoms with Gasteiger partial charge in [-0.25, -0.2) is 0 Å². The van der Waals surface area contributed by atoms with Crippen molar-refractivity contribution >= 4 is 17.1 Å². The molecule has 98 valence electrons. The summed E-state index contributed by atoms with van der Waals surface area (Å²) in [5, 5.41) is 10.5. The normalized spacial score (nSPS) is 10.1. The molecule has 0 saturated heterocycles. The average molecular weight is 259 g/mol. The van der Waals surface area contributed by atoms with E-state index in [1.54, 1.807) is 18.2 Å². The van der Waals surface area contributed by atoms with Crippen molar-refractivity contribution in [3.63, 3.8) is 0 Å². The van der Waals surface area contributed by atoms with Crippen molar-refractivity contribution < 1.29 is 9.76 Å². The van der Waals surface area contributed by atoms with Gasteiger partial charge in [0.25, 0.3) is 5.69 Å². The third-order valence-corrected chi connectivity index (χ3v) is 2.55. The summed E-state index contributed by atoms with van der Waals surface area (Å²) >= 11 is 0. The molecule has 0 aromatic heterocycles. The number of para-hydroxylation sites is 1. The Labute approximate surface area is 109 Å². The fourth-order valence-corrected chi connectivity index (χ4v) is 1.51. The van der Waals surface area contributed by atoms with Gasteiger partial charge in [-0.2, -0.15) is 0 Å². The molecule has 0 atom stereocenters. The number of nitrogens with one attached hydrogen (secondary N) is 1. The zero-order valence-electron chi connectivity index (χ0n) is 10.1. The SMILES string of the molecule is Nc1ccccc1CONc1ccc([N+](=O)[O-])cc1. The summed E-state index contributed by atoms with van der Waals surface area (Å²) in [5.41, 5.74) is 10.7. The van der Waals surface area contributed by atoms with Crippen LogP contribution in [0.1, 0.15) is 5.56 Å². The van der Waals surface area contributed by atoms with Gasteiger partial charge in [0.05, 0.1) is 10.6 Å². The second-order valence-electron chi connectivity index (χ2n) is 3.89. The summed E-state index contributed by atoms with van der Waals surface area (Å²) in [5.74, 6) is 0. The zero-order chi connectivity index (χ0) is 13.7. The topological polar surface area (TPSA) is 90.4 Å². The molecule has 0 fully saturated rings. The van der Waals surface area contributed by atoms with Crippen molar-refractivity contribution in [1.82, 2.24) is 0 Å². The molecule has 0 unspecified atom stereocenters. The van der Waals surface area contributed by atoms with Crippen LogP contribution in [0.5, 0.6) is 0 Å². The monoisotopic (exact) mass is 259 g/mol. The van der Waals surface area contributed by atoms with E-state index in [-0.39, 0.29) is 5.69 Å². The van der Waals surface area contributed by atoms with Crippen LogP contribution in [0.2, 0.25) is 0 Å². The molecule has 0 heterocycles. The highest BCUT2D eigenvalue weighted by molar-refractivity contribution is 5.48. The quantitative estimate of drug-likeness (QED) is 0.489. The zero-order valence-corrected chi connectivity index (χ0v) is 10.1. The number of hydrogen-bond acceptors (Lipinski definition) is 5. The molecule has 19 heavy (non-hydrogen) atoms. The Hall–Kier alpha value is -2.60. The van der Waals surface area contributed by atoms with Crippen LogP contribution in [-0.4, -0.2) is 4.92 Å². The van der Waals surface area contributed by atoms with E-state index in [9.17, 15) is 10.1 Å².